The van der Waals surface area contributed by atoms with Crippen molar-refractivity contribution in [2.24, 2.45) is 0 Å². The van der Waals surface area contributed by atoms with Crippen LogP contribution in [0.5, 0.6) is 0 Å². The molecule has 1 aromatic carbocycles. The van der Waals surface area contributed by atoms with E-state index in [0.717, 1.165) is 29.3 Å². The minimum Gasteiger partial charge on any atom is -0.354 e. The van der Waals surface area contributed by atoms with Gasteiger partial charge in [-0.2, -0.15) is 4.98 Å². The first kappa shape index (κ1) is 15.0. The summed E-state index contributed by atoms with van der Waals surface area (Å²) in [5, 5.41) is 6.55. The summed E-state index contributed by atoms with van der Waals surface area (Å²) in [4.78, 5) is 13.2. The van der Waals surface area contributed by atoms with Crippen molar-refractivity contribution in [3.8, 4) is 11.3 Å². The second-order valence-electron chi connectivity index (χ2n) is 5.17. The van der Waals surface area contributed by atoms with E-state index in [2.05, 4.69) is 38.6 Å². The number of hydrogen-bond donors (Lipinski definition) is 2. The molecule has 0 radical (unpaired) electrons. The summed E-state index contributed by atoms with van der Waals surface area (Å²) in [6.07, 6.45) is 3.55. The van der Waals surface area contributed by atoms with Crippen molar-refractivity contribution >= 4 is 17.5 Å². The van der Waals surface area contributed by atoms with Crippen LogP contribution in [0.3, 0.4) is 0 Å². The largest absolute Gasteiger partial charge is 0.354 e. The van der Waals surface area contributed by atoms with E-state index in [1.807, 2.05) is 43.3 Å². The van der Waals surface area contributed by atoms with E-state index < -0.39 is 0 Å². The Balaban J connectivity index is 1.99. The van der Waals surface area contributed by atoms with Crippen LogP contribution in [0.4, 0.5) is 17.5 Å². The van der Waals surface area contributed by atoms with Crippen LogP contribution in [-0.2, 0) is 0 Å². The summed E-state index contributed by atoms with van der Waals surface area (Å²) in [5.41, 5.74) is 3.99. The molecule has 2 aromatic heterocycles. The summed E-state index contributed by atoms with van der Waals surface area (Å²) in [6, 6.07) is 14.0. The monoisotopic (exact) mass is 305 g/mol. The van der Waals surface area contributed by atoms with E-state index in [0.29, 0.717) is 5.95 Å². The molecular formula is C18H19N5. The van der Waals surface area contributed by atoms with Crippen molar-refractivity contribution in [1.29, 1.82) is 0 Å². The number of pyridine rings is 1. The molecule has 116 valence electrons. The van der Waals surface area contributed by atoms with Gasteiger partial charge in [0.15, 0.2) is 0 Å². The summed E-state index contributed by atoms with van der Waals surface area (Å²) in [7, 11) is 0. The third kappa shape index (κ3) is 3.63. The van der Waals surface area contributed by atoms with Gasteiger partial charge in [0.25, 0.3) is 0 Å². The number of para-hydroxylation sites is 1. The third-order valence-electron chi connectivity index (χ3n) is 3.43. The van der Waals surface area contributed by atoms with Gasteiger partial charge in [-0.25, -0.2) is 4.98 Å². The second kappa shape index (κ2) is 6.87. The lowest BCUT2D eigenvalue weighted by molar-refractivity contribution is 1.09. The minimum atomic E-state index is 0.602. The van der Waals surface area contributed by atoms with Gasteiger partial charge >= 0.3 is 0 Å². The van der Waals surface area contributed by atoms with Gasteiger partial charge in [-0.05, 0) is 37.6 Å². The average Bonchev–Trinajstić information content (AvgIpc) is 2.58. The lowest BCUT2D eigenvalue weighted by Crippen LogP contribution is -2.05. The zero-order valence-corrected chi connectivity index (χ0v) is 13.2. The maximum atomic E-state index is 4.56. The Bertz CT molecular complexity index is 786. The van der Waals surface area contributed by atoms with Crippen molar-refractivity contribution in [2.75, 3.05) is 17.2 Å². The Kier molecular flexibility index (Phi) is 4.47. The van der Waals surface area contributed by atoms with Gasteiger partial charge in [-0.15, -0.1) is 0 Å². The Labute approximate surface area is 135 Å². The zero-order chi connectivity index (χ0) is 16.1. The fourth-order valence-corrected chi connectivity index (χ4v) is 2.26. The summed E-state index contributed by atoms with van der Waals surface area (Å²) < 4.78 is 0. The fourth-order valence-electron chi connectivity index (χ4n) is 2.26. The molecule has 0 aliphatic carbocycles. The number of nitrogens with one attached hydrogen (secondary N) is 2. The Morgan fingerprint density at radius 2 is 1.91 bits per heavy atom. The minimum absolute atomic E-state index is 0.602. The lowest BCUT2D eigenvalue weighted by Gasteiger charge is -2.12. The molecule has 0 saturated carbocycles. The van der Waals surface area contributed by atoms with E-state index in [1.165, 1.54) is 5.56 Å². The molecular weight excluding hydrogens is 286 g/mol. The van der Waals surface area contributed by atoms with Gasteiger partial charge in [0, 0.05) is 36.3 Å². The molecule has 0 aliphatic heterocycles. The van der Waals surface area contributed by atoms with E-state index in [9.17, 15) is 0 Å². The number of aromatic nitrogens is 3. The molecule has 2 N–H and O–H groups in total. The molecule has 0 saturated heterocycles. The number of rotatable bonds is 5. The van der Waals surface area contributed by atoms with Gasteiger partial charge in [-0.3, -0.25) is 4.98 Å². The predicted octanol–water partition coefficient (Wildman–Crippen LogP) is 4.02. The average molecular weight is 305 g/mol. The highest BCUT2D eigenvalue weighted by molar-refractivity contribution is 5.68. The smallest absolute Gasteiger partial charge is 0.225 e. The molecule has 0 atom stereocenters. The predicted molar refractivity (Wildman–Crippen MR) is 93.9 cm³/mol. The maximum absolute atomic E-state index is 4.56. The summed E-state index contributed by atoms with van der Waals surface area (Å²) >= 11 is 0. The van der Waals surface area contributed by atoms with Gasteiger partial charge in [0.2, 0.25) is 5.95 Å². The molecule has 0 spiro atoms. The lowest BCUT2D eigenvalue weighted by atomic mass is 10.2. The normalized spacial score (nSPS) is 10.3. The molecule has 0 unspecified atom stereocenters. The molecule has 0 fully saturated rings. The number of hydrogen-bond acceptors (Lipinski definition) is 5. The maximum Gasteiger partial charge on any atom is 0.225 e. The molecule has 5 nitrogen and oxygen atoms in total. The first-order valence-electron chi connectivity index (χ1n) is 7.62. The number of anilines is 3. The van der Waals surface area contributed by atoms with E-state index in [1.54, 1.807) is 12.4 Å². The standard InChI is InChI=1S/C18H19N5/c1-3-20-18-22-16(14-8-6-10-19-12-14)11-17(23-18)21-15-9-5-4-7-13(15)2/h4-12H,3H2,1-2H3,(H2,20,21,22,23). The summed E-state index contributed by atoms with van der Waals surface area (Å²) in [5.74, 6) is 1.36. The highest BCUT2D eigenvalue weighted by atomic mass is 15.1. The van der Waals surface area contributed by atoms with Crippen LogP contribution >= 0.6 is 0 Å². The van der Waals surface area contributed by atoms with E-state index in [-0.39, 0.29) is 0 Å². The van der Waals surface area contributed by atoms with Crippen LogP contribution in [0.15, 0.2) is 54.9 Å². The van der Waals surface area contributed by atoms with Gasteiger partial charge in [-0.1, -0.05) is 18.2 Å². The highest BCUT2D eigenvalue weighted by Crippen LogP contribution is 2.24. The Morgan fingerprint density at radius 3 is 2.65 bits per heavy atom. The Morgan fingerprint density at radius 1 is 1.04 bits per heavy atom. The molecule has 5 heteroatoms. The first-order chi connectivity index (χ1) is 11.3. The number of aryl methyl sites for hydroxylation is 1. The van der Waals surface area contributed by atoms with Gasteiger partial charge in [0.05, 0.1) is 5.69 Å². The van der Waals surface area contributed by atoms with Crippen molar-refractivity contribution in [1.82, 2.24) is 15.0 Å². The molecule has 0 amide bonds. The van der Waals surface area contributed by atoms with E-state index >= 15 is 0 Å². The second-order valence-corrected chi connectivity index (χ2v) is 5.17. The molecule has 3 rings (SSSR count). The molecule has 0 aliphatic rings. The van der Waals surface area contributed by atoms with Crippen molar-refractivity contribution in [3.63, 3.8) is 0 Å². The van der Waals surface area contributed by atoms with Crippen LogP contribution in [0.1, 0.15) is 12.5 Å². The van der Waals surface area contributed by atoms with Crippen LogP contribution in [-0.4, -0.2) is 21.5 Å². The van der Waals surface area contributed by atoms with Crippen LogP contribution in [0, 0.1) is 6.92 Å². The molecule has 2 heterocycles. The van der Waals surface area contributed by atoms with Gasteiger partial charge < -0.3 is 10.6 Å². The van der Waals surface area contributed by atoms with Crippen molar-refractivity contribution in [2.45, 2.75) is 13.8 Å². The quantitative estimate of drug-likeness (QED) is 0.745. The molecule has 3 aromatic rings. The van der Waals surface area contributed by atoms with Crippen LogP contribution in [0.25, 0.3) is 11.3 Å². The first-order valence-corrected chi connectivity index (χ1v) is 7.62. The topological polar surface area (TPSA) is 62.7 Å². The SMILES string of the molecule is CCNc1nc(Nc2ccccc2C)cc(-c2cccnc2)n1. The van der Waals surface area contributed by atoms with Gasteiger partial charge in [0.1, 0.15) is 5.82 Å². The third-order valence-corrected chi connectivity index (χ3v) is 3.43. The highest BCUT2D eigenvalue weighted by Gasteiger charge is 2.07. The Hall–Kier alpha value is -2.95. The number of nitrogens with zero attached hydrogens (tertiary/aromatic N) is 3. The zero-order valence-electron chi connectivity index (χ0n) is 13.2. The fraction of sp³-hybridized carbons (Fsp3) is 0.167. The summed E-state index contributed by atoms with van der Waals surface area (Å²) in [6.45, 7) is 4.85. The molecule has 0 bridgehead atoms. The van der Waals surface area contributed by atoms with Crippen LogP contribution in [0.2, 0.25) is 0 Å². The number of benzene rings is 1. The van der Waals surface area contributed by atoms with E-state index in [4.69, 9.17) is 0 Å². The molecule has 23 heavy (non-hydrogen) atoms. The van der Waals surface area contributed by atoms with Crippen molar-refractivity contribution < 1.29 is 0 Å². The van der Waals surface area contributed by atoms with Crippen molar-refractivity contribution in [3.05, 3.63) is 60.4 Å². The van der Waals surface area contributed by atoms with Crippen LogP contribution < -0.4 is 10.6 Å².